The van der Waals surface area contributed by atoms with Crippen molar-refractivity contribution in [3.63, 3.8) is 0 Å². The van der Waals surface area contributed by atoms with E-state index in [0.29, 0.717) is 32.8 Å². The van der Waals surface area contributed by atoms with Crippen molar-refractivity contribution in [2.24, 2.45) is 5.92 Å². The van der Waals surface area contributed by atoms with E-state index >= 15 is 0 Å². The number of aromatic nitrogens is 1. The van der Waals surface area contributed by atoms with Crippen molar-refractivity contribution in [3.05, 3.63) is 44.0 Å². The number of carbonyl (C=O) groups excluding carboxylic acids is 1. The molecule has 1 aliphatic carbocycles. The number of nitrogens with zero attached hydrogens (tertiary/aromatic N) is 4. The lowest BCUT2D eigenvalue weighted by Gasteiger charge is -2.17. The van der Waals surface area contributed by atoms with Crippen LogP contribution in [0.1, 0.15) is 46.9 Å². The van der Waals surface area contributed by atoms with E-state index in [2.05, 4.69) is 35.4 Å². The number of rotatable bonds is 6. The fourth-order valence-corrected chi connectivity index (χ4v) is 6.94. The van der Waals surface area contributed by atoms with Crippen LogP contribution in [0.5, 0.6) is 0 Å². The summed E-state index contributed by atoms with van der Waals surface area (Å²) in [7, 11) is 0. The first-order valence-corrected chi connectivity index (χ1v) is 13.3. The number of thiophene rings is 2. The van der Waals surface area contributed by atoms with Gasteiger partial charge in [0.2, 0.25) is 5.91 Å². The summed E-state index contributed by atoms with van der Waals surface area (Å²) in [5.41, 5.74) is 9.36. The molecule has 1 unspecified atom stereocenters. The van der Waals surface area contributed by atoms with E-state index in [1.165, 1.54) is 39.3 Å². The maximum absolute atomic E-state index is 12.6. The fourth-order valence-electron chi connectivity index (χ4n) is 3.98. The molecule has 0 radical (unpaired) electrons. The Morgan fingerprint density at radius 1 is 1.26 bits per heavy atom. The van der Waals surface area contributed by atoms with Crippen LogP contribution >= 0.6 is 34.4 Å². The molecule has 7 nitrogen and oxygen atoms in total. The molecule has 3 N–H and O–H groups in total. The highest BCUT2D eigenvalue weighted by Gasteiger charge is 2.25. The molecule has 0 aromatic carbocycles. The minimum absolute atomic E-state index is 0.0618. The van der Waals surface area contributed by atoms with Crippen molar-refractivity contribution in [1.29, 1.82) is 15.8 Å². The lowest BCUT2D eigenvalue weighted by Crippen LogP contribution is -2.12. The van der Waals surface area contributed by atoms with Gasteiger partial charge in [0, 0.05) is 22.6 Å². The summed E-state index contributed by atoms with van der Waals surface area (Å²) >= 11 is 4.21. The Morgan fingerprint density at radius 2 is 2.03 bits per heavy atom. The van der Waals surface area contributed by atoms with Gasteiger partial charge in [0.05, 0.1) is 11.1 Å². The largest absolute Gasteiger partial charge is 0.383 e. The maximum atomic E-state index is 12.6. The van der Waals surface area contributed by atoms with Crippen LogP contribution in [-0.4, -0.2) is 16.6 Å². The molecule has 3 aromatic rings. The normalized spacial score (nSPS) is 14.5. The molecule has 34 heavy (non-hydrogen) atoms. The number of carbonyl (C=O) groups is 1. The number of anilines is 2. The third kappa shape index (κ3) is 4.64. The zero-order chi connectivity index (χ0) is 24.2. The van der Waals surface area contributed by atoms with Crippen molar-refractivity contribution in [2.45, 2.75) is 37.6 Å². The van der Waals surface area contributed by atoms with Gasteiger partial charge in [0.15, 0.2) is 0 Å². The number of thioether (sulfide) groups is 1. The number of nitriles is 3. The molecule has 1 amide bonds. The quantitative estimate of drug-likeness (QED) is 0.433. The van der Waals surface area contributed by atoms with Crippen LogP contribution in [0.15, 0.2) is 21.9 Å². The zero-order valence-corrected chi connectivity index (χ0v) is 20.8. The molecule has 0 saturated carbocycles. The Balaban J connectivity index is 1.49. The predicted molar refractivity (Wildman–Crippen MR) is 136 cm³/mol. The van der Waals surface area contributed by atoms with Gasteiger partial charge in [-0.25, -0.2) is 4.98 Å². The third-order valence-electron chi connectivity index (χ3n) is 5.67. The third-order valence-corrected chi connectivity index (χ3v) is 8.50. The standard InChI is InChI=1S/C24H20N6OS3/c1-13-2-3-15-16(9-25)24(34-19(15)8-13)29-20(31)5-7-33-23-18(11-27)21(14-4-6-32-12-14)17(10-26)22(28)30-23/h4,6,12-13H,2-3,5,7-8H2,1H3,(H2,28,30)(H,29,31). The second kappa shape index (κ2) is 10.3. The molecule has 4 rings (SSSR count). The van der Waals surface area contributed by atoms with Crippen LogP contribution in [0.25, 0.3) is 11.1 Å². The number of hydrogen-bond acceptors (Lipinski definition) is 9. The van der Waals surface area contributed by atoms with E-state index in [1.54, 1.807) is 0 Å². The summed E-state index contributed by atoms with van der Waals surface area (Å²) in [6, 6.07) is 8.31. The van der Waals surface area contributed by atoms with E-state index in [-0.39, 0.29) is 29.3 Å². The Morgan fingerprint density at radius 3 is 2.71 bits per heavy atom. The summed E-state index contributed by atoms with van der Waals surface area (Å²) in [6.07, 6.45) is 3.04. The fraction of sp³-hybridized carbons (Fsp3) is 0.292. The average Bonchev–Trinajstić information content (AvgIpc) is 3.45. The summed E-state index contributed by atoms with van der Waals surface area (Å²) in [5, 5.41) is 36.6. The van der Waals surface area contributed by atoms with Crippen LogP contribution in [-0.2, 0) is 17.6 Å². The summed E-state index contributed by atoms with van der Waals surface area (Å²) in [6.45, 7) is 2.20. The second-order valence-electron chi connectivity index (χ2n) is 7.98. The van der Waals surface area contributed by atoms with Crippen molar-refractivity contribution in [1.82, 2.24) is 4.98 Å². The molecule has 10 heteroatoms. The van der Waals surface area contributed by atoms with Crippen molar-refractivity contribution < 1.29 is 4.79 Å². The number of nitrogen functional groups attached to an aromatic ring is 1. The minimum Gasteiger partial charge on any atom is -0.383 e. The van der Waals surface area contributed by atoms with Crippen LogP contribution in [0.4, 0.5) is 10.8 Å². The number of amides is 1. The van der Waals surface area contributed by atoms with Crippen molar-refractivity contribution in [3.8, 4) is 29.3 Å². The van der Waals surface area contributed by atoms with Crippen LogP contribution in [0.3, 0.4) is 0 Å². The smallest absolute Gasteiger partial charge is 0.225 e. The van der Waals surface area contributed by atoms with E-state index in [1.807, 2.05) is 16.8 Å². The summed E-state index contributed by atoms with van der Waals surface area (Å²) < 4.78 is 0. The lowest BCUT2D eigenvalue weighted by molar-refractivity contribution is -0.115. The molecule has 0 spiro atoms. The van der Waals surface area contributed by atoms with Gasteiger partial charge in [0.1, 0.15) is 39.6 Å². The highest BCUT2D eigenvalue weighted by atomic mass is 32.2. The van der Waals surface area contributed by atoms with E-state index < -0.39 is 0 Å². The Kier molecular flexibility index (Phi) is 7.19. The summed E-state index contributed by atoms with van der Waals surface area (Å²) in [4.78, 5) is 18.1. The molecule has 3 heterocycles. The Bertz CT molecular complexity index is 1370. The first-order chi connectivity index (χ1) is 16.5. The number of nitrogens with one attached hydrogen (secondary N) is 1. The van der Waals surface area contributed by atoms with E-state index in [0.717, 1.165) is 30.4 Å². The number of hydrogen-bond donors (Lipinski definition) is 2. The Hall–Kier alpha value is -3.36. The van der Waals surface area contributed by atoms with Crippen molar-refractivity contribution >= 4 is 51.2 Å². The van der Waals surface area contributed by atoms with Crippen LogP contribution in [0.2, 0.25) is 0 Å². The SMILES string of the molecule is CC1CCc2c(sc(NC(=O)CCSc3nc(N)c(C#N)c(-c4ccsc4)c3C#N)c2C#N)C1. The molecule has 0 saturated heterocycles. The van der Waals surface area contributed by atoms with E-state index in [9.17, 15) is 20.6 Å². The van der Waals surface area contributed by atoms with Gasteiger partial charge in [-0.1, -0.05) is 6.92 Å². The number of fused-ring (bicyclic) bond motifs is 1. The molecule has 1 atom stereocenters. The first-order valence-electron chi connectivity index (χ1n) is 10.6. The first kappa shape index (κ1) is 23.8. The summed E-state index contributed by atoms with van der Waals surface area (Å²) in [5.74, 6) is 0.810. The molecule has 1 aliphatic rings. The molecular weight excluding hydrogens is 485 g/mol. The molecule has 3 aromatic heterocycles. The highest BCUT2D eigenvalue weighted by Crippen LogP contribution is 2.40. The lowest BCUT2D eigenvalue weighted by atomic mass is 9.89. The van der Waals surface area contributed by atoms with Gasteiger partial charge >= 0.3 is 0 Å². The number of nitrogens with two attached hydrogens (primary N) is 1. The second-order valence-corrected chi connectivity index (χ2v) is 10.9. The zero-order valence-electron chi connectivity index (χ0n) is 18.3. The van der Waals surface area contributed by atoms with Gasteiger partial charge in [-0.15, -0.1) is 23.1 Å². The van der Waals surface area contributed by atoms with Gasteiger partial charge in [-0.2, -0.15) is 27.1 Å². The van der Waals surface area contributed by atoms with Gasteiger partial charge in [0.25, 0.3) is 0 Å². The van der Waals surface area contributed by atoms with Crippen LogP contribution in [0, 0.1) is 39.9 Å². The molecular formula is C24H20N6OS3. The van der Waals surface area contributed by atoms with Crippen molar-refractivity contribution in [2.75, 3.05) is 16.8 Å². The topological polar surface area (TPSA) is 139 Å². The van der Waals surface area contributed by atoms with Gasteiger partial charge in [-0.05, 0) is 53.1 Å². The van der Waals surface area contributed by atoms with Crippen LogP contribution < -0.4 is 11.1 Å². The van der Waals surface area contributed by atoms with E-state index in [4.69, 9.17) is 5.73 Å². The van der Waals surface area contributed by atoms with Gasteiger partial charge < -0.3 is 11.1 Å². The molecule has 0 bridgehead atoms. The molecule has 0 aliphatic heterocycles. The minimum atomic E-state index is -0.200. The molecule has 170 valence electrons. The number of pyridine rings is 1. The Labute approximate surface area is 209 Å². The van der Waals surface area contributed by atoms with Gasteiger partial charge in [-0.3, -0.25) is 4.79 Å². The molecule has 0 fully saturated rings. The monoisotopic (exact) mass is 504 g/mol. The maximum Gasteiger partial charge on any atom is 0.225 e. The highest BCUT2D eigenvalue weighted by molar-refractivity contribution is 7.99. The average molecular weight is 505 g/mol. The predicted octanol–water partition coefficient (Wildman–Crippen LogP) is 5.31.